The molecule has 1 saturated heterocycles. The van der Waals surface area contributed by atoms with Gasteiger partial charge in [0.2, 0.25) is 0 Å². The fourth-order valence-electron chi connectivity index (χ4n) is 2.95. The van der Waals surface area contributed by atoms with Crippen molar-refractivity contribution in [3.05, 3.63) is 11.6 Å². The van der Waals surface area contributed by atoms with Crippen LogP contribution >= 0.6 is 0 Å². The number of Topliss-reactive ketones (excluding diaryl/α,β-unsaturated/α-hetero) is 1. The van der Waals surface area contributed by atoms with E-state index in [4.69, 9.17) is 4.74 Å². The van der Waals surface area contributed by atoms with E-state index in [1.54, 1.807) is 0 Å². The Kier molecular flexibility index (Phi) is 3.88. The Hall–Kier alpha value is -1.12. The predicted octanol–water partition coefficient (Wildman–Crippen LogP) is 2.89. The number of rotatable bonds is 0. The second-order valence-corrected chi connectivity index (χ2v) is 5.82. The highest BCUT2D eigenvalue weighted by Gasteiger charge is 2.42. The summed E-state index contributed by atoms with van der Waals surface area (Å²) in [6.07, 6.45) is 5.14. The molecule has 0 unspecified atom stereocenters. The number of hydrogen-bond acceptors (Lipinski definition) is 3. The molecule has 0 aromatic carbocycles. The van der Waals surface area contributed by atoms with Gasteiger partial charge in [-0.25, -0.2) is 0 Å². The van der Waals surface area contributed by atoms with Gasteiger partial charge in [-0.2, -0.15) is 0 Å². The quantitative estimate of drug-likeness (QED) is 0.490. The molecule has 4 atom stereocenters. The van der Waals surface area contributed by atoms with Gasteiger partial charge >= 0.3 is 5.97 Å². The van der Waals surface area contributed by atoms with Crippen molar-refractivity contribution in [1.29, 1.82) is 0 Å². The average molecular weight is 250 g/mol. The number of allylic oxidation sites excluding steroid dienone is 2. The Bertz CT molecular complexity index is 383. The molecule has 0 radical (unpaired) electrons. The maximum atomic E-state index is 11.9. The Morgan fingerprint density at radius 2 is 2.00 bits per heavy atom. The van der Waals surface area contributed by atoms with E-state index >= 15 is 0 Å². The molecular formula is C15H22O3. The van der Waals surface area contributed by atoms with Crippen molar-refractivity contribution >= 4 is 11.8 Å². The Morgan fingerprint density at radius 3 is 2.72 bits per heavy atom. The van der Waals surface area contributed by atoms with Crippen LogP contribution < -0.4 is 0 Å². The summed E-state index contributed by atoms with van der Waals surface area (Å²) in [6.45, 7) is 5.96. The highest BCUT2D eigenvalue weighted by Crippen LogP contribution is 2.36. The molecule has 100 valence electrons. The molecular weight excluding hydrogens is 228 g/mol. The van der Waals surface area contributed by atoms with Gasteiger partial charge in [-0.15, -0.1) is 0 Å². The summed E-state index contributed by atoms with van der Waals surface area (Å²) in [7, 11) is 0. The monoisotopic (exact) mass is 250 g/mol. The first kappa shape index (κ1) is 13.3. The first-order chi connectivity index (χ1) is 8.49. The molecule has 1 heterocycles. The van der Waals surface area contributed by atoms with Crippen LogP contribution in [0.25, 0.3) is 0 Å². The van der Waals surface area contributed by atoms with Crippen LogP contribution in [0.1, 0.15) is 46.5 Å². The molecule has 2 rings (SSSR count). The Labute approximate surface area is 109 Å². The van der Waals surface area contributed by atoms with E-state index in [1.807, 2.05) is 19.9 Å². The minimum atomic E-state index is -0.0921. The zero-order valence-electron chi connectivity index (χ0n) is 11.4. The van der Waals surface area contributed by atoms with Crippen molar-refractivity contribution in [2.45, 2.75) is 52.6 Å². The first-order valence-electron chi connectivity index (χ1n) is 6.88. The van der Waals surface area contributed by atoms with Gasteiger partial charge in [-0.3, -0.25) is 9.59 Å². The first-order valence-corrected chi connectivity index (χ1v) is 6.88. The maximum Gasteiger partial charge on any atom is 0.309 e. The van der Waals surface area contributed by atoms with Crippen LogP contribution in [0, 0.1) is 17.8 Å². The van der Waals surface area contributed by atoms with E-state index in [2.05, 4.69) is 6.92 Å². The van der Waals surface area contributed by atoms with Gasteiger partial charge in [0.25, 0.3) is 0 Å². The molecule has 3 heteroatoms. The summed E-state index contributed by atoms with van der Waals surface area (Å²) in [4.78, 5) is 23.6. The lowest BCUT2D eigenvalue weighted by molar-refractivity contribution is -0.145. The van der Waals surface area contributed by atoms with Crippen molar-refractivity contribution in [3.63, 3.8) is 0 Å². The molecule has 0 aromatic heterocycles. The van der Waals surface area contributed by atoms with Gasteiger partial charge in [0.15, 0.2) is 0 Å². The summed E-state index contributed by atoms with van der Waals surface area (Å²) in [6, 6.07) is 0. The molecule has 0 amide bonds. The average Bonchev–Trinajstić information content (AvgIpc) is 2.59. The molecule has 2 aliphatic rings. The van der Waals surface area contributed by atoms with Crippen LogP contribution in [-0.4, -0.2) is 17.9 Å². The van der Waals surface area contributed by atoms with Gasteiger partial charge in [-0.05, 0) is 26.2 Å². The highest BCUT2D eigenvalue weighted by atomic mass is 16.6. The molecule has 0 spiro atoms. The van der Waals surface area contributed by atoms with Crippen molar-refractivity contribution in [2.24, 2.45) is 17.8 Å². The number of carbonyl (C=O) groups is 2. The number of carbonyl (C=O) groups excluding carboxylic acids is 2. The smallest absolute Gasteiger partial charge is 0.309 e. The normalized spacial score (nSPS) is 40.7. The third-order valence-corrected chi connectivity index (χ3v) is 4.42. The van der Waals surface area contributed by atoms with E-state index in [-0.39, 0.29) is 35.6 Å². The van der Waals surface area contributed by atoms with Gasteiger partial charge in [0.05, 0.1) is 5.92 Å². The third-order valence-electron chi connectivity index (χ3n) is 4.42. The second kappa shape index (κ2) is 5.25. The van der Waals surface area contributed by atoms with Gasteiger partial charge in [0.1, 0.15) is 11.9 Å². The fraction of sp³-hybridized carbons (Fsp3) is 0.733. The Balaban J connectivity index is 2.19. The lowest BCUT2D eigenvalue weighted by Crippen LogP contribution is -2.25. The Morgan fingerprint density at radius 1 is 1.28 bits per heavy atom. The fourth-order valence-corrected chi connectivity index (χ4v) is 2.95. The van der Waals surface area contributed by atoms with E-state index in [1.165, 1.54) is 5.57 Å². The molecule has 1 aliphatic carbocycles. The van der Waals surface area contributed by atoms with E-state index in [0.717, 1.165) is 12.8 Å². The molecule has 0 aromatic rings. The van der Waals surface area contributed by atoms with Crippen molar-refractivity contribution < 1.29 is 14.3 Å². The molecule has 3 nitrogen and oxygen atoms in total. The van der Waals surface area contributed by atoms with E-state index in [9.17, 15) is 9.59 Å². The molecule has 1 aliphatic heterocycles. The van der Waals surface area contributed by atoms with Crippen LogP contribution in [0.15, 0.2) is 11.6 Å². The number of esters is 1. The van der Waals surface area contributed by atoms with Crippen molar-refractivity contribution in [3.8, 4) is 0 Å². The molecule has 18 heavy (non-hydrogen) atoms. The molecule has 0 bridgehead atoms. The lowest BCUT2D eigenvalue weighted by atomic mass is 9.81. The van der Waals surface area contributed by atoms with Crippen molar-refractivity contribution in [2.75, 3.05) is 0 Å². The summed E-state index contributed by atoms with van der Waals surface area (Å²) in [5.74, 6) is 0.396. The summed E-state index contributed by atoms with van der Waals surface area (Å²) in [5.41, 5.74) is 1.25. The van der Waals surface area contributed by atoms with Crippen LogP contribution in [0.4, 0.5) is 0 Å². The highest BCUT2D eigenvalue weighted by molar-refractivity contribution is 5.82. The standard InChI is InChI=1S/C15H22O3/c1-9-4-6-12-11(3)15(17)18-14(12)8-10(2)13(16)7-5-9/h5,10-12,14H,4,6-8H2,1-3H3/b9-5-/t10-,11+,12-,14+/m0/s1. The van der Waals surface area contributed by atoms with Crippen molar-refractivity contribution in [1.82, 2.24) is 0 Å². The largest absolute Gasteiger partial charge is 0.462 e. The van der Waals surface area contributed by atoms with Crippen LogP contribution in [0.3, 0.4) is 0 Å². The van der Waals surface area contributed by atoms with Crippen LogP contribution in [0.2, 0.25) is 0 Å². The third kappa shape index (κ3) is 2.65. The van der Waals surface area contributed by atoms with Gasteiger partial charge in [0, 0.05) is 18.3 Å². The maximum absolute atomic E-state index is 11.9. The predicted molar refractivity (Wildman–Crippen MR) is 68.9 cm³/mol. The number of ether oxygens (including phenoxy) is 1. The minimum Gasteiger partial charge on any atom is -0.462 e. The number of hydrogen-bond donors (Lipinski definition) is 0. The molecule has 1 fully saturated rings. The SMILES string of the molecule is C/C1=C/CC(=O)[C@@H](C)C[C@H]2OC(=O)[C@H](C)[C@@H]2CC1. The van der Waals surface area contributed by atoms with E-state index < -0.39 is 0 Å². The van der Waals surface area contributed by atoms with Gasteiger partial charge in [-0.1, -0.05) is 25.5 Å². The summed E-state index contributed by atoms with van der Waals surface area (Å²) >= 11 is 0. The van der Waals surface area contributed by atoms with Crippen LogP contribution in [0.5, 0.6) is 0 Å². The minimum absolute atomic E-state index is 0.0160. The zero-order chi connectivity index (χ0) is 13.3. The summed E-state index contributed by atoms with van der Waals surface area (Å²) < 4.78 is 5.45. The summed E-state index contributed by atoms with van der Waals surface area (Å²) in [5, 5.41) is 0. The zero-order valence-corrected chi connectivity index (χ0v) is 11.4. The molecule has 0 saturated carbocycles. The van der Waals surface area contributed by atoms with E-state index in [0.29, 0.717) is 12.8 Å². The topological polar surface area (TPSA) is 43.4 Å². The second-order valence-electron chi connectivity index (χ2n) is 5.82. The molecule has 0 N–H and O–H groups in total. The van der Waals surface area contributed by atoms with Gasteiger partial charge < -0.3 is 4.74 Å². The number of ketones is 1. The lowest BCUT2D eigenvalue weighted by Gasteiger charge is -2.23. The number of fused-ring (bicyclic) bond motifs is 1. The van der Waals surface area contributed by atoms with Crippen LogP contribution in [-0.2, 0) is 14.3 Å².